The number of carbonyl (C=O) groups is 2. The highest BCUT2D eigenvalue weighted by Crippen LogP contribution is 2.09. The van der Waals surface area contributed by atoms with Gasteiger partial charge in [0, 0.05) is 0 Å². The van der Waals surface area contributed by atoms with E-state index in [9.17, 15) is 14.0 Å². The first kappa shape index (κ1) is 15.5. The molecule has 1 rings (SSSR count). The van der Waals surface area contributed by atoms with Crippen molar-refractivity contribution in [2.45, 2.75) is 19.4 Å². The number of halogens is 1. The topological polar surface area (TPSA) is 66.4 Å². The number of rotatable bonds is 7. The monoisotopic (exact) mass is 285 g/mol. The minimum atomic E-state index is -1.11. The highest BCUT2D eigenvalue weighted by molar-refractivity contribution is 7.99. The van der Waals surface area contributed by atoms with Gasteiger partial charge < -0.3 is 10.4 Å². The van der Waals surface area contributed by atoms with Crippen molar-refractivity contribution in [1.82, 2.24) is 5.32 Å². The van der Waals surface area contributed by atoms with Gasteiger partial charge in [-0.25, -0.2) is 9.18 Å². The van der Waals surface area contributed by atoms with E-state index in [0.717, 1.165) is 11.8 Å². The lowest BCUT2D eigenvalue weighted by Crippen LogP contribution is -2.41. The first-order valence-corrected chi connectivity index (χ1v) is 7.07. The van der Waals surface area contributed by atoms with E-state index in [1.54, 1.807) is 11.8 Å². The fraction of sp³-hybridized carbons (Fsp3) is 0.385. The number of hydrogen-bond acceptors (Lipinski definition) is 3. The van der Waals surface area contributed by atoms with Crippen molar-refractivity contribution in [2.24, 2.45) is 0 Å². The summed E-state index contributed by atoms with van der Waals surface area (Å²) < 4.78 is 13.4. The molecule has 0 heterocycles. The van der Waals surface area contributed by atoms with Gasteiger partial charge in [0.15, 0.2) is 0 Å². The van der Waals surface area contributed by atoms with Crippen LogP contribution in [0.25, 0.3) is 0 Å². The molecule has 104 valence electrons. The minimum absolute atomic E-state index is 0.142. The van der Waals surface area contributed by atoms with Gasteiger partial charge in [-0.1, -0.05) is 19.1 Å². The van der Waals surface area contributed by atoms with Gasteiger partial charge in [0.25, 0.3) is 5.91 Å². The third-order valence-corrected chi connectivity index (χ3v) is 3.41. The second kappa shape index (κ2) is 7.78. The van der Waals surface area contributed by atoms with Crippen LogP contribution in [-0.2, 0) is 4.79 Å². The summed E-state index contributed by atoms with van der Waals surface area (Å²) in [6, 6.07) is 4.49. The summed E-state index contributed by atoms with van der Waals surface area (Å²) in [5.41, 5.74) is -0.142. The molecule has 1 amide bonds. The molecule has 0 aliphatic heterocycles. The number of carboxylic acids is 1. The Morgan fingerprint density at radius 2 is 2.11 bits per heavy atom. The molecule has 19 heavy (non-hydrogen) atoms. The summed E-state index contributed by atoms with van der Waals surface area (Å²) in [4.78, 5) is 22.8. The highest BCUT2D eigenvalue weighted by atomic mass is 32.2. The quantitative estimate of drug-likeness (QED) is 0.753. The third-order valence-electron chi connectivity index (χ3n) is 2.48. The molecule has 0 spiro atoms. The highest BCUT2D eigenvalue weighted by Gasteiger charge is 2.21. The third kappa shape index (κ3) is 4.90. The van der Waals surface area contributed by atoms with E-state index in [1.807, 2.05) is 6.92 Å². The number of nitrogens with one attached hydrogen (secondary N) is 1. The van der Waals surface area contributed by atoms with Crippen LogP contribution in [-0.4, -0.2) is 34.5 Å². The Morgan fingerprint density at radius 3 is 2.68 bits per heavy atom. The molecule has 1 atom stereocenters. The average Bonchev–Trinajstić information content (AvgIpc) is 2.38. The molecule has 6 heteroatoms. The fourth-order valence-corrected chi connectivity index (χ4v) is 2.18. The van der Waals surface area contributed by atoms with Crippen LogP contribution < -0.4 is 5.32 Å². The van der Waals surface area contributed by atoms with E-state index in [-0.39, 0.29) is 5.56 Å². The molecule has 1 unspecified atom stereocenters. The van der Waals surface area contributed by atoms with Crippen molar-refractivity contribution in [1.29, 1.82) is 0 Å². The van der Waals surface area contributed by atoms with E-state index in [1.165, 1.54) is 18.2 Å². The van der Waals surface area contributed by atoms with Gasteiger partial charge in [0.05, 0.1) is 5.56 Å². The Balaban J connectivity index is 2.66. The van der Waals surface area contributed by atoms with Crippen LogP contribution in [0.15, 0.2) is 24.3 Å². The molecular weight excluding hydrogens is 269 g/mol. The first-order valence-electron chi connectivity index (χ1n) is 5.92. The lowest BCUT2D eigenvalue weighted by molar-refractivity contribution is -0.139. The number of amides is 1. The van der Waals surface area contributed by atoms with Crippen molar-refractivity contribution in [3.8, 4) is 0 Å². The maximum atomic E-state index is 13.4. The van der Waals surface area contributed by atoms with Crippen molar-refractivity contribution < 1.29 is 19.1 Å². The van der Waals surface area contributed by atoms with Gasteiger partial charge >= 0.3 is 5.97 Å². The largest absolute Gasteiger partial charge is 0.480 e. The maximum absolute atomic E-state index is 13.4. The molecule has 0 aliphatic carbocycles. The molecule has 1 aromatic carbocycles. The van der Waals surface area contributed by atoms with Crippen LogP contribution >= 0.6 is 11.8 Å². The van der Waals surface area contributed by atoms with Gasteiger partial charge in [0.1, 0.15) is 11.9 Å². The molecule has 0 fully saturated rings. The molecule has 0 radical (unpaired) electrons. The van der Waals surface area contributed by atoms with Crippen LogP contribution in [0, 0.1) is 5.82 Å². The number of carboxylic acid groups (broad SMARTS) is 1. The van der Waals surface area contributed by atoms with Crippen molar-refractivity contribution in [3.63, 3.8) is 0 Å². The van der Waals surface area contributed by atoms with Crippen LogP contribution in [0.4, 0.5) is 4.39 Å². The Labute approximate surface area is 115 Å². The van der Waals surface area contributed by atoms with Gasteiger partial charge in [-0.3, -0.25) is 4.79 Å². The summed E-state index contributed by atoms with van der Waals surface area (Å²) in [5, 5.41) is 11.4. The smallest absolute Gasteiger partial charge is 0.326 e. The molecule has 2 N–H and O–H groups in total. The molecule has 0 aliphatic rings. The standard InChI is InChI=1S/C13H16FNO3S/c1-2-19-8-7-11(13(17)18)15-12(16)9-5-3-4-6-10(9)14/h3-6,11H,2,7-8H2,1H3,(H,15,16)(H,17,18). The maximum Gasteiger partial charge on any atom is 0.326 e. The molecule has 4 nitrogen and oxygen atoms in total. The molecule has 0 bridgehead atoms. The lowest BCUT2D eigenvalue weighted by atomic mass is 10.1. The summed E-state index contributed by atoms with van der Waals surface area (Å²) >= 11 is 1.59. The van der Waals surface area contributed by atoms with E-state index < -0.39 is 23.7 Å². The minimum Gasteiger partial charge on any atom is -0.480 e. The molecule has 0 saturated heterocycles. The van der Waals surface area contributed by atoms with Crippen molar-refractivity contribution in [2.75, 3.05) is 11.5 Å². The number of hydrogen-bond donors (Lipinski definition) is 2. The average molecular weight is 285 g/mol. The predicted octanol–water partition coefficient (Wildman–Crippen LogP) is 2.15. The number of thioether (sulfide) groups is 1. The molecule has 1 aromatic rings. The Morgan fingerprint density at radius 1 is 1.42 bits per heavy atom. The second-order valence-electron chi connectivity index (χ2n) is 3.83. The van der Waals surface area contributed by atoms with Crippen LogP contribution in [0.1, 0.15) is 23.7 Å². The zero-order chi connectivity index (χ0) is 14.3. The zero-order valence-electron chi connectivity index (χ0n) is 10.6. The van der Waals surface area contributed by atoms with Crippen molar-refractivity contribution in [3.05, 3.63) is 35.6 Å². The van der Waals surface area contributed by atoms with E-state index in [0.29, 0.717) is 12.2 Å². The number of benzene rings is 1. The summed E-state index contributed by atoms with van der Waals surface area (Å²) in [6.45, 7) is 1.97. The number of aliphatic carboxylic acids is 1. The normalized spacial score (nSPS) is 11.9. The molecule has 0 aromatic heterocycles. The van der Waals surface area contributed by atoms with E-state index in [4.69, 9.17) is 5.11 Å². The van der Waals surface area contributed by atoms with Crippen LogP contribution in [0.3, 0.4) is 0 Å². The van der Waals surface area contributed by atoms with Gasteiger partial charge in [-0.15, -0.1) is 0 Å². The lowest BCUT2D eigenvalue weighted by Gasteiger charge is -2.14. The SMILES string of the molecule is CCSCCC(NC(=O)c1ccccc1F)C(=O)O. The summed E-state index contributed by atoms with van der Waals surface area (Å²) in [7, 11) is 0. The van der Waals surface area contributed by atoms with E-state index in [2.05, 4.69) is 5.32 Å². The van der Waals surface area contributed by atoms with Gasteiger partial charge in [-0.05, 0) is 30.1 Å². The molecule has 0 saturated carbocycles. The summed E-state index contributed by atoms with van der Waals surface area (Å²) in [5.74, 6) is -0.959. The van der Waals surface area contributed by atoms with Gasteiger partial charge in [-0.2, -0.15) is 11.8 Å². The second-order valence-corrected chi connectivity index (χ2v) is 5.22. The zero-order valence-corrected chi connectivity index (χ0v) is 11.4. The Hall–Kier alpha value is -1.56. The number of carbonyl (C=O) groups excluding carboxylic acids is 1. The summed E-state index contributed by atoms with van der Waals surface area (Å²) in [6.07, 6.45) is 0.314. The van der Waals surface area contributed by atoms with Crippen LogP contribution in [0.5, 0.6) is 0 Å². The Bertz CT molecular complexity index is 453. The predicted molar refractivity (Wildman–Crippen MR) is 72.9 cm³/mol. The fourth-order valence-electron chi connectivity index (χ4n) is 1.48. The van der Waals surface area contributed by atoms with Crippen LogP contribution in [0.2, 0.25) is 0 Å². The van der Waals surface area contributed by atoms with Gasteiger partial charge in [0.2, 0.25) is 0 Å². The van der Waals surface area contributed by atoms with E-state index >= 15 is 0 Å². The Kier molecular flexibility index (Phi) is 6.35. The molecular formula is C13H16FNO3S. The van der Waals surface area contributed by atoms with Crippen molar-refractivity contribution >= 4 is 23.6 Å². The first-order chi connectivity index (χ1) is 9.06.